The highest BCUT2D eigenvalue weighted by atomic mass is 16.5. The first-order valence-corrected chi connectivity index (χ1v) is 7.20. The SMILES string of the molecule is CO[C@H]1CCCC[C@@H]1NC(=O)[C@@H]1CC=CC[C@H]1C. The van der Waals surface area contributed by atoms with Crippen LogP contribution in [0.4, 0.5) is 0 Å². The molecule has 2 aliphatic rings. The van der Waals surface area contributed by atoms with Crippen molar-refractivity contribution in [2.24, 2.45) is 11.8 Å². The average Bonchev–Trinajstić information content (AvgIpc) is 2.39. The maximum Gasteiger partial charge on any atom is 0.224 e. The molecule has 1 fully saturated rings. The second-order valence-electron chi connectivity index (χ2n) is 5.70. The zero-order valence-corrected chi connectivity index (χ0v) is 11.5. The van der Waals surface area contributed by atoms with Crippen LogP contribution in [0.2, 0.25) is 0 Å². The number of carbonyl (C=O) groups is 1. The highest BCUT2D eigenvalue weighted by Gasteiger charge is 2.31. The predicted molar refractivity (Wildman–Crippen MR) is 72.2 cm³/mol. The van der Waals surface area contributed by atoms with Crippen molar-refractivity contribution in [3.05, 3.63) is 12.2 Å². The van der Waals surface area contributed by atoms with Crippen LogP contribution in [0.3, 0.4) is 0 Å². The van der Waals surface area contributed by atoms with Gasteiger partial charge in [0.15, 0.2) is 0 Å². The van der Waals surface area contributed by atoms with Crippen LogP contribution in [-0.2, 0) is 9.53 Å². The first-order chi connectivity index (χ1) is 8.72. The van der Waals surface area contributed by atoms with Gasteiger partial charge in [0, 0.05) is 13.0 Å². The van der Waals surface area contributed by atoms with E-state index >= 15 is 0 Å². The molecule has 2 rings (SSSR count). The molecule has 3 nitrogen and oxygen atoms in total. The maximum absolute atomic E-state index is 12.3. The molecule has 0 heterocycles. The number of rotatable bonds is 3. The summed E-state index contributed by atoms with van der Waals surface area (Å²) < 4.78 is 5.49. The summed E-state index contributed by atoms with van der Waals surface area (Å²) in [7, 11) is 1.75. The van der Waals surface area contributed by atoms with Crippen LogP contribution in [0.5, 0.6) is 0 Å². The smallest absolute Gasteiger partial charge is 0.224 e. The predicted octanol–water partition coefficient (Wildman–Crippen LogP) is 2.66. The van der Waals surface area contributed by atoms with Crippen LogP contribution in [0, 0.1) is 11.8 Å². The zero-order valence-electron chi connectivity index (χ0n) is 11.5. The monoisotopic (exact) mass is 251 g/mol. The number of nitrogens with one attached hydrogen (secondary N) is 1. The lowest BCUT2D eigenvalue weighted by Gasteiger charge is -2.33. The van der Waals surface area contributed by atoms with E-state index in [1.54, 1.807) is 7.11 Å². The highest BCUT2D eigenvalue weighted by molar-refractivity contribution is 5.79. The van der Waals surface area contributed by atoms with Crippen molar-refractivity contribution in [1.29, 1.82) is 0 Å². The molecule has 0 bridgehead atoms. The van der Waals surface area contributed by atoms with E-state index in [0.29, 0.717) is 5.92 Å². The lowest BCUT2D eigenvalue weighted by Crippen LogP contribution is -2.48. The summed E-state index contributed by atoms with van der Waals surface area (Å²) in [5, 5.41) is 3.22. The van der Waals surface area contributed by atoms with Crippen LogP contribution < -0.4 is 5.32 Å². The minimum atomic E-state index is 0.148. The summed E-state index contributed by atoms with van der Waals surface area (Å²) in [5.41, 5.74) is 0. The number of methoxy groups -OCH3 is 1. The summed E-state index contributed by atoms with van der Waals surface area (Å²) in [4.78, 5) is 12.3. The first kappa shape index (κ1) is 13.6. The zero-order chi connectivity index (χ0) is 13.0. The Kier molecular flexibility index (Phi) is 4.81. The summed E-state index contributed by atoms with van der Waals surface area (Å²) in [6.45, 7) is 2.17. The number of ether oxygens (including phenoxy) is 1. The number of allylic oxidation sites excluding steroid dienone is 2. The Bertz CT molecular complexity index is 314. The van der Waals surface area contributed by atoms with E-state index in [4.69, 9.17) is 4.74 Å². The quantitative estimate of drug-likeness (QED) is 0.783. The van der Waals surface area contributed by atoms with Gasteiger partial charge in [0.1, 0.15) is 0 Å². The van der Waals surface area contributed by atoms with Gasteiger partial charge in [0.2, 0.25) is 5.91 Å². The molecule has 2 aliphatic carbocycles. The lowest BCUT2D eigenvalue weighted by molar-refractivity contribution is -0.128. The summed E-state index contributed by atoms with van der Waals surface area (Å²) in [5.74, 6) is 0.829. The van der Waals surface area contributed by atoms with Crippen LogP contribution >= 0.6 is 0 Å². The normalized spacial score (nSPS) is 36.3. The molecule has 1 saturated carbocycles. The molecule has 0 aromatic carbocycles. The van der Waals surface area contributed by atoms with Gasteiger partial charge in [0.05, 0.1) is 12.1 Å². The molecule has 0 unspecified atom stereocenters. The minimum absolute atomic E-state index is 0.148. The van der Waals surface area contributed by atoms with Crippen molar-refractivity contribution in [3.63, 3.8) is 0 Å². The maximum atomic E-state index is 12.3. The van der Waals surface area contributed by atoms with Crippen LogP contribution in [0.1, 0.15) is 45.4 Å². The van der Waals surface area contributed by atoms with Gasteiger partial charge < -0.3 is 10.1 Å². The molecule has 1 amide bonds. The molecule has 0 spiro atoms. The number of amides is 1. The van der Waals surface area contributed by atoms with E-state index in [-0.39, 0.29) is 24.0 Å². The molecule has 4 atom stereocenters. The molecule has 0 radical (unpaired) electrons. The van der Waals surface area contributed by atoms with Crippen molar-refractivity contribution < 1.29 is 9.53 Å². The lowest BCUT2D eigenvalue weighted by atomic mass is 9.83. The van der Waals surface area contributed by atoms with Gasteiger partial charge in [-0.2, -0.15) is 0 Å². The molecule has 0 aromatic rings. The molecular formula is C15H25NO2. The van der Waals surface area contributed by atoms with Crippen LogP contribution in [0.15, 0.2) is 12.2 Å². The summed E-state index contributed by atoms with van der Waals surface area (Å²) >= 11 is 0. The van der Waals surface area contributed by atoms with Gasteiger partial charge in [-0.1, -0.05) is 31.9 Å². The van der Waals surface area contributed by atoms with Gasteiger partial charge in [-0.25, -0.2) is 0 Å². The largest absolute Gasteiger partial charge is 0.379 e. The second-order valence-corrected chi connectivity index (χ2v) is 5.70. The number of hydrogen-bond acceptors (Lipinski definition) is 2. The topological polar surface area (TPSA) is 38.3 Å². The Labute approximate surface area is 110 Å². The molecule has 3 heteroatoms. The Morgan fingerprint density at radius 1 is 1.22 bits per heavy atom. The third-order valence-corrected chi connectivity index (χ3v) is 4.42. The van der Waals surface area contributed by atoms with E-state index in [2.05, 4.69) is 24.4 Å². The fraction of sp³-hybridized carbons (Fsp3) is 0.800. The second kappa shape index (κ2) is 6.37. The van der Waals surface area contributed by atoms with E-state index < -0.39 is 0 Å². The number of carbonyl (C=O) groups excluding carboxylic acids is 1. The fourth-order valence-corrected chi connectivity index (χ4v) is 3.15. The van der Waals surface area contributed by atoms with Crippen molar-refractivity contribution in [2.45, 2.75) is 57.6 Å². The van der Waals surface area contributed by atoms with Crippen molar-refractivity contribution in [3.8, 4) is 0 Å². The molecule has 1 N–H and O–H groups in total. The fourth-order valence-electron chi connectivity index (χ4n) is 3.15. The van der Waals surface area contributed by atoms with Gasteiger partial charge >= 0.3 is 0 Å². The Hall–Kier alpha value is -0.830. The minimum Gasteiger partial charge on any atom is -0.379 e. The molecule has 0 aromatic heterocycles. The summed E-state index contributed by atoms with van der Waals surface area (Å²) in [6, 6.07) is 0.217. The van der Waals surface area contributed by atoms with Crippen molar-refractivity contribution in [2.75, 3.05) is 7.11 Å². The standard InChI is InChI=1S/C15H25NO2/c1-11-7-3-4-8-12(11)15(17)16-13-9-5-6-10-14(13)18-2/h3-4,11-14H,5-10H2,1-2H3,(H,16,17)/t11-,12-,13+,14+/m1/s1. The van der Waals surface area contributed by atoms with Gasteiger partial charge in [0.25, 0.3) is 0 Å². The van der Waals surface area contributed by atoms with Crippen molar-refractivity contribution in [1.82, 2.24) is 5.32 Å². The van der Waals surface area contributed by atoms with Crippen molar-refractivity contribution >= 4 is 5.91 Å². The average molecular weight is 251 g/mol. The van der Waals surface area contributed by atoms with Crippen LogP contribution in [-0.4, -0.2) is 25.2 Å². The first-order valence-electron chi connectivity index (χ1n) is 7.20. The highest BCUT2D eigenvalue weighted by Crippen LogP contribution is 2.26. The summed E-state index contributed by atoms with van der Waals surface area (Å²) in [6.07, 6.45) is 11.0. The Morgan fingerprint density at radius 3 is 2.67 bits per heavy atom. The molecule has 18 heavy (non-hydrogen) atoms. The molecule has 0 saturated heterocycles. The van der Waals surface area contributed by atoms with Gasteiger partial charge in [-0.3, -0.25) is 4.79 Å². The third kappa shape index (κ3) is 3.14. The van der Waals surface area contributed by atoms with Gasteiger partial charge in [-0.05, 0) is 31.6 Å². The van der Waals surface area contributed by atoms with E-state index in [1.807, 2.05) is 0 Å². The van der Waals surface area contributed by atoms with E-state index in [1.165, 1.54) is 12.8 Å². The Balaban J connectivity index is 1.91. The number of hydrogen-bond donors (Lipinski definition) is 1. The Morgan fingerprint density at radius 2 is 1.94 bits per heavy atom. The molecular weight excluding hydrogens is 226 g/mol. The van der Waals surface area contributed by atoms with E-state index in [9.17, 15) is 4.79 Å². The van der Waals surface area contributed by atoms with Crippen LogP contribution in [0.25, 0.3) is 0 Å². The molecule has 0 aliphatic heterocycles. The molecule has 102 valence electrons. The van der Waals surface area contributed by atoms with Gasteiger partial charge in [-0.15, -0.1) is 0 Å². The third-order valence-electron chi connectivity index (χ3n) is 4.42. The van der Waals surface area contributed by atoms with E-state index in [0.717, 1.165) is 25.7 Å².